The number of imidazole rings is 1. The van der Waals surface area contributed by atoms with E-state index in [2.05, 4.69) is 41.9 Å². The summed E-state index contributed by atoms with van der Waals surface area (Å²) >= 11 is 0. The van der Waals surface area contributed by atoms with Crippen LogP contribution in [0.25, 0.3) is 11.0 Å². The van der Waals surface area contributed by atoms with E-state index in [1.54, 1.807) is 0 Å². The summed E-state index contributed by atoms with van der Waals surface area (Å²) in [5, 5.41) is 2.80. The molecule has 1 aromatic heterocycles. The highest BCUT2D eigenvalue weighted by molar-refractivity contribution is 5.76. The average Bonchev–Trinajstić information content (AvgIpc) is 3.00. The lowest BCUT2D eigenvalue weighted by atomic mass is 10.1. The Bertz CT molecular complexity index is 881. The van der Waals surface area contributed by atoms with E-state index in [4.69, 9.17) is 9.72 Å². The summed E-state index contributed by atoms with van der Waals surface area (Å²) in [5.74, 6) is 1.84. The number of fused-ring (bicyclic) bond motifs is 1. The first-order valence-electron chi connectivity index (χ1n) is 8.95. The van der Waals surface area contributed by atoms with Gasteiger partial charge in [0.1, 0.15) is 11.6 Å². The molecule has 0 spiro atoms. The van der Waals surface area contributed by atoms with Crippen LogP contribution in [0.15, 0.2) is 42.5 Å². The van der Waals surface area contributed by atoms with E-state index in [0.29, 0.717) is 6.61 Å². The van der Waals surface area contributed by atoms with Gasteiger partial charge in [0, 0.05) is 6.54 Å². The SMILES string of the molecule is Cc1cccc(C)c1OCCCn1c(C(C)NC=O)nc2ccccc21. The second kappa shape index (κ2) is 8.04. The molecule has 136 valence electrons. The molecule has 1 amide bonds. The van der Waals surface area contributed by atoms with Crippen molar-refractivity contribution >= 4 is 17.4 Å². The molecule has 5 heteroatoms. The molecule has 0 bridgehead atoms. The van der Waals surface area contributed by atoms with Crippen LogP contribution in [0.4, 0.5) is 0 Å². The Morgan fingerprint density at radius 1 is 1.15 bits per heavy atom. The van der Waals surface area contributed by atoms with Crippen molar-refractivity contribution in [2.45, 2.75) is 39.8 Å². The number of hydrogen-bond acceptors (Lipinski definition) is 3. The Labute approximate surface area is 154 Å². The van der Waals surface area contributed by atoms with Gasteiger partial charge in [-0.15, -0.1) is 0 Å². The van der Waals surface area contributed by atoms with Gasteiger partial charge in [0.25, 0.3) is 0 Å². The van der Waals surface area contributed by atoms with E-state index >= 15 is 0 Å². The molecular weight excluding hydrogens is 326 g/mol. The third-order valence-electron chi connectivity index (χ3n) is 4.57. The lowest BCUT2D eigenvalue weighted by Gasteiger charge is -2.15. The van der Waals surface area contributed by atoms with Gasteiger partial charge in [0.2, 0.25) is 6.41 Å². The molecule has 3 aromatic rings. The topological polar surface area (TPSA) is 56.1 Å². The Kier molecular flexibility index (Phi) is 5.56. The minimum absolute atomic E-state index is 0.139. The highest BCUT2D eigenvalue weighted by atomic mass is 16.5. The highest BCUT2D eigenvalue weighted by Gasteiger charge is 2.15. The molecule has 0 saturated heterocycles. The largest absolute Gasteiger partial charge is 0.493 e. The van der Waals surface area contributed by atoms with Crippen LogP contribution >= 0.6 is 0 Å². The van der Waals surface area contributed by atoms with E-state index in [0.717, 1.165) is 53.1 Å². The van der Waals surface area contributed by atoms with Crippen LogP contribution < -0.4 is 10.1 Å². The molecule has 1 atom stereocenters. The number of carbonyl (C=O) groups is 1. The van der Waals surface area contributed by atoms with Gasteiger partial charge in [-0.05, 0) is 50.5 Å². The van der Waals surface area contributed by atoms with E-state index < -0.39 is 0 Å². The number of benzene rings is 2. The maximum atomic E-state index is 10.8. The van der Waals surface area contributed by atoms with Crippen molar-refractivity contribution in [1.82, 2.24) is 14.9 Å². The third-order valence-corrected chi connectivity index (χ3v) is 4.57. The quantitative estimate of drug-likeness (QED) is 0.494. The molecule has 1 unspecified atom stereocenters. The van der Waals surface area contributed by atoms with Crippen molar-refractivity contribution in [3.8, 4) is 5.75 Å². The summed E-state index contributed by atoms with van der Waals surface area (Å²) in [7, 11) is 0. The van der Waals surface area contributed by atoms with E-state index in [1.165, 1.54) is 0 Å². The first kappa shape index (κ1) is 18.0. The number of rotatable bonds is 8. The lowest BCUT2D eigenvalue weighted by Crippen LogP contribution is -2.21. The number of aryl methyl sites for hydroxylation is 3. The Hall–Kier alpha value is -2.82. The van der Waals surface area contributed by atoms with E-state index in [-0.39, 0.29) is 6.04 Å². The predicted octanol–water partition coefficient (Wildman–Crippen LogP) is 3.93. The minimum atomic E-state index is -0.139. The molecule has 0 fully saturated rings. The number of aromatic nitrogens is 2. The molecule has 0 aliphatic heterocycles. The number of amides is 1. The Balaban J connectivity index is 1.73. The van der Waals surface area contributed by atoms with Crippen LogP contribution in [-0.2, 0) is 11.3 Å². The monoisotopic (exact) mass is 351 g/mol. The van der Waals surface area contributed by atoms with Gasteiger partial charge in [-0.2, -0.15) is 0 Å². The van der Waals surface area contributed by atoms with Gasteiger partial charge in [-0.3, -0.25) is 4.79 Å². The second-order valence-corrected chi connectivity index (χ2v) is 6.54. The summed E-state index contributed by atoms with van der Waals surface area (Å²) in [6.07, 6.45) is 1.58. The zero-order valence-electron chi connectivity index (χ0n) is 15.5. The fourth-order valence-corrected chi connectivity index (χ4v) is 3.26. The fraction of sp³-hybridized carbons (Fsp3) is 0.333. The molecule has 5 nitrogen and oxygen atoms in total. The molecule has 2 aromatic carbocycles. The van der Waals surface area contributed by atoms with Crippen molar-refractivity contribution < 1.29 is 9.53 Å². The highest BCUT2D eigenvalue weighted by Crippen LogP contribution is 2.23. The van der Waals surface area contributed by atoms with Crippen molar-refractivity contribution in [2.24, 2.45) is 0 Å². The fourth-order valence-electron chi connectivity index (χ4n) is 3.26. The maximum Gasteiger partial charge on any atom is 0.207 e. The normalized spacial score (nSPS) is 12.1. The van der Waals surface area contributed by atoms with Gasteiger partial charge in [0.05, 0.1) is 23.7 Å². The second-order valence-electron chi connectivity index (χ2n) is 6.54. The molecule has 0 aliphatic carbocycles. The van der Waals surface area contributed by atoms with E-state index in [9.17, 15) is 4.79 Å². The molecular formula is C21H25N3O2. The predicted molar refractivity (Wildman–Crippen MR) is 103 cm³/mol. The summed E-state index contributed by atoms with van der Waals surface area (Å²) in [6, 6.07) is 14.1. The van der Waals surface area contributed by atoms with Crippen molar-refractivity contribution in [3.63, 3.8) is 0 Å². The summed E-state index contributed by atoms with van der Waals surface area (Å²) in [4.78, 5) is 15.5. The summed E-state index contributed by atoms with van der Waals surface area (Å²) in [5.41, 5.74) is 4.33. The number of carbonyl (C=O) groups excluding carboxylic acids is 1. The maximum absolute atomic E-state index is 10.8. The van der Waals surface area contributed by atoms with Crippen molar-refractivity contribution in [2.75, 3.05) is 6.61 Å². The van der Waals surface area contributed by atoms with Crippen LogP contribution in [0, 0.1) is 13.8 Å². The summed E-state index contributed by atoms with van der Waals surface area (Å²) < 4.78 is 8.19. The minimum Gasteiger partial charge on any atom is -0.493 e. The van der Waals surface area contributed by atoms with Crippen LogP contribution in [0.1, 0.15) is 36.3 Å². The molecule has 0 radical (unpaired) electrons. The molecule has 26 heavy (non-hydrogen) atoms. The first-order valence-corrected chi connectivity index (χ1v) is 8.95. The number of hydrogen-bond donors (Lipinski definition) is 1. The first-order chi connectivity index (χ1) is 12.6. The number of ether oxygens (including phenoxy) is 1. The molecule has 3 rings (SSSR count). The van der Waals surface area contributed by atoms with Crippen LogP contribution in [-0.4, -0.2) is 22.6 Å². The molecule has 0 aliphatic rings. The third kappa shape index (κ3) is 3.72. The average molecular weight is 351 g/mol. The number of nitrogens with zero attached hydrogens (tertiary/aromatic N) is 2. The smallest absolute Gasteiger partial charge is 0.207 e. The van der Waals surface area contributed by atoms with Crippen molar-refractivity contribution in [1.29, 1.82) is 0 Å². The van der Waals surface area contributed by atoms with Gasteiger partial charge >= 0.3 is 0 Å². The Morgan fingerprint density at radius 3 is 2.62 bits per heavy atom. The summed E-state index contributed by atoms with van der Waals surface area (Å²) in [6.45, 7) is 7.49. The number of nitrogens with one attached hydrogen (secondary N) is 1. The standard InChI is InChI=1S/C21H25N3O2/c1-15-8-6-9-16(2)20(15)26-13-7-12-24-19-11-5-4-10-18(19)23-21(24)17(3)22-14-25/h4-6,8-11,14,17H,7,12-13H2,1-3H3,(H,22,25). The zero-order valence-corrected chi connectivity index (χ0v) is 15.5. The molecule has 1 heterocycles. The van der Waals surface area contributed by atoms with Crippen LogP contribution in [0.2, 0.25) is 0 Å². The van der Waals surface area contributed by atoms with Gasteiger partial charge < -0.3 is 14.6 Å². The van der Waals surface area contributed by atoms with E-state index in [1.807, 2.05) is 31.2 Å². The molecule has 0 saturated carbocycles. The molecule has 1 N–H and O–H groups in total. The van der Waals surface area contributed by atoms with Gasteiger partial charge in [-0.1, -0.05) is 30.3 Å². The van der Waals surface area contributed by atoms with Crippen molar-refractivity contribution in [3.05, 3.63) is 59.4 Å². The Morgan fingerprint density at radius 2 is 1.88 bits per heavy atom. The van der Waals surface area contributed by atoms with Gasteiger partial charge in [0.15, 0.2) is 0 Å². The zero-order chi connectivity index (χ0) is 18.5. The lowest BCUT2D eigenvalue weighted by molar-refractivity contribution is -0.110. The number of para-hydroxylation sites is 3. The van der Waals surface area contributed by atoms with Crippen LogP contribution in [0.3, 0.4) is 0 Å². The van der Waals surface area contributed by atoms with Crippen LogP contribution in [0.5, 0.6) is 5.75 Å². The van der Waals surface area contributed by atoms with Gasteiger partial charge in [-0.25, -0.2) is 4.98 Å².